The summed E-state index contributed by atoms with van der Waals surface area (Å²) in [6, 6.07) is 10.0. The minimum Gasteiger partial charge on any atom is -0.341 e. The van der Waals surface area contributed by atoms with Crippen LogP contribution in [-0.2, 0) is 18.4 Å². The minimum atomic E-state index is -0.0801. The van der Waals surface area contributed by atoms with Crippen molar-refractivity contribution in [2.24, 2.45) is 7.05 Å². The topological polar surface area (TPSA) is 38.1 Å². The second-order valence-corrected chi connectivity index (χ2v) is 5.84. The van der Waals surface area contributed by atoms with Gasteiger partial charge in [0.25, 0.3) is 0 Å². The van der Waals surface area contributed by atoms with Gasteiger partial charge in [0.2, 0.25) is 5.91 Å². The molecule has 1 atom stereocenters. The van der Waals surface area contributed by atoms with Crippen molar-refractivity contribution < 1.29 is 4.79 Å². The monoisotopic (exact) mass is 299 g/mol. The lowest BCUT2D eigenvalue weighted by Gasteiger charge is -2.23. The molecule has 1 heterocycles. The quantitative estimate of drug-likeness (QED) is 0.850. The largest absolute Gasteiger partial charge is 0.341 e. The highest BCUT2D eigenvalue weighted by Gasteiger charge is 2.23. The number of nitrogens with zero attached hydrogens (tertiary/aromatic N) is 3. The number of hydrogen-bond acceptors (Lipinski definition) is 2. The van der Waals surface area contributed by atoms with Gasteiger partial charge in [-0.3, -0.25) is 9.48 Å². The normalized spacial score (nSPS) is 12.2. The van der Waals surface area contributed by atoms with E-state index in [0.29, 0.717) is 6.54 Å². The molecule has 1 amide bonds. The summed E-state index contributed by atoms with van der Waals surface area (Å²) in [6.45, 7) is 6.70. The Hall–Kier alpha value is -2.10. The summed E-state index contributed by atoms with van der Waals surface area (Å²) in [5.74, 6) is 0.0832. The maximum absolute atomic E-state index is 12.8. The number of benzene rings is 1. The van der Waals surface area contributed by atoms with Gasteiger partial charge in [0.05, 0.1) is 11.6 Å². The molecule has 1 aromatic heterocycles. The van der Waals surface area contributed by atoms with Crippen LogP contribution in [-0.4, -0.2) is 27.6 Å². The zero-order valence-electron chi connectivity index (χ0n) is 14.1. The lowest BCUT2D eigenvalue weighted by atomic mass is 9.95. The van der Waals surface area contributed by atoms with Crippen molar-refractivity contribution in [1.82, 2.24) is 14.7 Å². The average molecular weight is 299 g/mol. The standard InChI is InChI=1S/C18H25N3O/c1-6-16(15-10-8-7-9-11-15)18(22)20(4)12-17-13(2)19-21(5)14(17)3/h7-11,16H,6,12H2,1-5H3. The lowest BCUT2D eigenvalue weighted by Crippen LogP contribution is -2.31. The lowest BCUT2D eigenvalue weighted by molar-refractivity contribution is -0.132. The van der Waals surface area contributed by atoms with Crippen LogP contribution in [0.2, 0.25) is 0 Å². The fourth-order valence-corrected chi connectivity index (χ4v) is 2.87. The first-order valence-corrected chi connectivity index (χ1v) is 7.74. The summed E-state index contributed by atoms with van der Waals surface area (Å²) in [5.41, 5.74) is 4.33. The smallest absolute Gasteiger partial charge is 0.230 e. The molecule has 2 aromatic rings. The molecule has 0 N–H and O–H groups in total. The Morgan fingerprint density at radius 3 is 2.41 bits per heavy atom. The summed E-state index contributed by atoms with van der Waals surface area (Å²) in [7, 11) is 3.81. The van der Waals surface area contributed by atoms with Gasteiger partial charge in [0, 0.05) is 31.9 Å². The molecule has 0 radical (unpaired) electrons. The van der Waals surface area contributed by atoms with Crippen LogP contribution in [0.25, 0.3) is 0 Å². The molecule has 1 unspecified atom stereocenters. The molecular formula is C18H25N3O. The second kappa shape index (κ2) is 6.77. The Morgan fingerprint density at radius 1 is 1.27 bits per heavy atom. The molecule has 4 nitrogen and oxygen atoms in total. The molecule has 0 bridgehead atoms. The fraction of sp³-hybridized carbons (Fsp3) is 0.444. The molecule has 2 rings (SSSR count). The molecule has 0 saturated carbocycles. The van der Waals surface area contributed by atoms with Gasteiger partial charge in [0.15, 0.2) is 0 Å². The van der Waals surface area contributed by atoms with Gasteiger partial charge in [-0.25, -0.2) is 0 Å². The van der Waals surface area contributed by atoms with Gasteiger partial charge in [-0.15, -0.1) is 0 Å². The Balaban J connectivity index is 2.17. The van der Waals surface area contributed by atoms with E-state index in [1.807, 2.05) is 67.9 Å². The predicted molar refractivity (Wildman–Crippen MR) is 88.6 cm³/mol. The first kappa shape index (κ1) is 16.3. The molecule has 0 aliphatic carbocycles. The Bertz CT molecular complexity index is 646. The van der Waals surface area contributed by atoms with Crippen molar-refractivity contribution in [2.45, 2.75) is 39.7 Å². The highest BCUT2D eigenvalue weighted by atomic mass is 16.2. The number of likely N-dealkylation sites (N-methyl/N-ethyl adjacent to an activating group) is 1. The van der Waals surface area contributed by atoms with Crippen molar-refractivity contribution in [3.8, 4) is 0 Å². The maximum atomic E-state index is 12.8. The van der Waals surface area contributed by atoms with E-state index in [1.165, 1.54) is 0 Å². The van der Waals surface area contributed by atoms with E-state index in [2.05, 4.69) is 12.0 Å². The summed E-state index contributed by atoms with van der Waals surface area (Å²) in [5, 5.41) is 4.42. The number of aryl methyl sites for hydroxylation is 2. The van der Waals surface area contributed by atoms with E-state index in [0.717, 1.165) is 28.9 Å². The molecule has 118 valence electrons. The summed E-state index contributed by atoms with van der Waals surface area (Å²) < 4.78 is 1.87. The van der Waals surface area contributed by atoms with Gasteiger partial charge >= 0.3 is 0 Å². The third kappa shape index (κ3) is 3.21. The highest BCUT2D eigenvalue weighted by molar-refractivity contribution is 5.83. The highest BCUT2D eigenvalue weighted by Crippen LogP contribution is 2.23. The van der Waals surface area contributed by atoms with Crippen LogP contribution in [0.4, 0.5) is 0 Å². The molecule has 1 aromatic carbocycles. The third-order valence-electron chi connectivity index (χ3n) is 4.34. The summed E-state index contributed by atoms with van der Waals surface area (Å²) in [6.07, 6.45) is 0.804. The third-order valence-corrected chi connectivity index (χ3v) is 4.34. The number of carbonyl (C=O) groups is 1. The predicted octanol–water partition coefficient (Wildman–Crippen LogP) is 3.19. The van der Waals surface area contributed by atoms with Gasteiger partial charge in [-0.05, 0) is 25.8 Å². The van der Waals surface area contributed by atoms with Gasteiger partial charge in [-0.1, -0.05) is 37.3 Å². The van der Waals surface area contributed by atoms with Gasteiger partial charge in [0.1, 0.15) is 0 Å². The van der Waals surface area contributed by atoms with E-state index < -0.39 is 0 Å². The van der Waals surface area contributed by atoms with Crippen LogP contribution >= 0.6 is 0 Å². The zero-order chi connectivity index (χ0) is 16.3. The fourth-order valence-electron chi connectivity index (χ4n) is 2.87. The molecule has 4 heteroatoms. The van der Waals surface area contributed by atoms with Crippen molar-refractivity contribution >= 4 is 5.91 Å². The number of aromatic nitrogens is 2. The number of amides is 1. The molecule has 0 spiro atoms. The Kier molecular flexibility index (Phi) is 5.01. The van der Waals surface area contributed by atoms with Crippen molar-refractivity contribution in [1.29, 1.82) is 0 Å². The molecule has 0 aliphatic heterocycles. The van der Waals surface area contributed by atoms with Crippen LogP contribution in [0.15, 0.2) is 30.3 Å². The minimum absolute atomic E-state index is 0.0801. The van der Waals surface area contributed by atoms with Crippen LogP contribution in [0.1, 0.15) is 41.8 Å². The van der Waals surface area contributed by atoms with E-state index in [-0.39, 0.29) is 11.8 Å². The molecule has 0 fully saturated rings. The van der Waals surface area contributed by atoms with E-state index in [9.17, 15) is 4.79 Å². The maximum Gasteiger partial charge on any atom is 0.230 e. The summed E-state index contributed by atoms with van der Waals surface area (Å²) in [4.78, 5) is 14.6. The molecule has 22 heavy (non-hydrogen) atoms. The Morgan fingerprint density at radius 2 is 1.91 bits per heavy atom. The zero-order valence-corrected chi connectivity index (χ0v) is 14.1. The van der Waals surface area contributed by atoms with Crippen LogP contribution in [0, 0.1) is 13.8 Å². The molecular weight excluding hydrogens is 274 g/mol. The van der Waals surface area contributed by atoms with Crippen LogP contribution < -0.4 is 0 Å². The number of hydrogen-bond donors (Lipinski definition) is 0. The second-order valence-electron chi connectivity index (χ2n) is 5.84. The van der Waals surface area contributed by atoms with Crippen LogP contribution in [0.5, 0.6) is 0 Å². The van der Waals surface area contributed by atoms with Crippen molar-refractivity contribution in [3.05, 3.63) is 52.8 Å². The van der Waals surface area contributed by atoms with E-state index >= 15 is 0 Å². The first-order valence-electron chi connectivity index (χ1n) is 7.74. The van der Waals surface area contributed by atoms with Gasteiger partial charge < -0.3 is 4.90 Å². The van der Waals surface area contributed by atoms with Crippen LogP contribution in [0.3, 0.4) is 0 Å². The number of rotatable bonds is 5. The van der Waals surface area contributed by atoms with Crippen molar-refractivity contribution in [2.75, 3.05) is 7.05 Å². The van der Waals surface area contributed by atoms with Gasteiger partial charge in [-0.2, -0.15) is 5.10 Å². The number of carbonyl (C=O) groups excluding carboxylic acids is 1. The average Bonchev–Trinajstić information content (AvgIpc) is 2.75. The SMILES string of the molecule is CCC(C(=O)N(C)Cc1c(C)nn(C)c1C)c1ccccc1. The summed E-state index contributed by atoms with van der Waals surface area (Å²) >= 11 is 0. The molecule has 0 aliphatic rings. The first-order chi connectivity index (χ1) is 10.5. The van der Waals surface area contributed by atoms with E-state index in [1.54, 1.807) is 0 Å². The molecule has 0 saturated heterocycles. The Labute approximate surface area is 132 Å². The van der Waals surface area contributed by atoms with Crippen molar-refractivity contribution in [3.63, 3.8) is 0 Å². The van der Waals surface area contributed by atoms with E-state index in [4.69, 9.17) is 0 Å².